The van der Waals surface area contributed by atoms with E-state index in [1.165, 1.54) is 0 Å². The van der Waals surface area contributed by atoms with E-state index < -0.39 is 6.10 Å². The molecule has 0 saturated carbocycles. The lowest BCUT2D eigenvalue weighted by Crippen LogP contribution is -2.14. The molecule has 0 aromatic carbocycles. The summed E-state index contributed by atoms with van der Waals surface area (Å²) in [5, 5.41) is 19.3. The lowest BCUT2D eigenvalue weighted by Gasteiger charge is -2.14. The minimum atomic E-state index is -0.665. The van der Waals surface area contributed by atoms with Gasteiger partial charge in [-0.3, -0.25) is 9.36 Å². The average molecular weight is 262 g/mol. The zero-order valence-corrected chi connectivity index (χ0v) is 11.9. The Kier molecular flexibility index (Phi) is 4.37. The molecule has 2 heterocycles. The molecule has 1 unspecified atom stereocenters. The molecule has 19 heavy (non-hydrogen) atoms. The molecule has 0 saturated heterocycles. The van der Waals surface area contributed by atoms with Gasteiger partial charge in [0.2, 0.25) is 0 Å². The van der Waals surface area contributed by atoms with Crippen LogP contribution in [0.3, 0.4) is 0 Å². The third-order valence-electron chi connectivity index (χ3n) is 3.27. The highest BCUT2D eigenvalue weighted by Crippen LogP contribution is 2.23. The fraction of sp³-hybridized carbons (Fsp3) is 0.571. The normalized spacial score (nSPS) is 12.8. The predicted molar refractivity (Wildman–Crippen MR) is 73.9 cm³/mol. The van der Waals surface area contributed by atoms with Crippen molar-refractivity contribution in [1.29, 1.82) is 0 Å². The van der Waals surface area contributed by atoms with Crippen molar-refractivity contribution in [3.05, 3.63) is 35.4 Å². The molecule has 0 radical (unpaired) electrons. The molecule has 0 amide bonds. The molecule has 0 bridgehead atoms. The van der Waals surface area contributed by atoms with Crippen molar-refractivity contribution in [2.24, 2.45) is 0 Å². The van der Waals surface area contributed by atoms with Crippen molar-refractivity contribution in [2.45, 2.75) is 52.8 Å². The number of rotatable bonds is 6. The third kappa shape index (κ3) is 2.71. The molecular weight excluding hydrogens is 240 g/mol. The summed E-state index contributed by atoms with van der Waals surface area (Å²) < 4.78 is 3.73. The molecular formula is C14H22N4O. The van der Waals surface area contributed by atoms with E-state index in [4.69, 9.17) is 0 Å². The number of aliphatic hydroxyl groups excluding tert-OH is 1. The van der Waals surface area contributed by atoms with Gasteiger partial charge in [0, 0.05) is 19.3 Å². The number of aryl methyl sites for hydroxylation is 3. The van der Waals surface area contributed by atoms with Crippen molar-refractivity contribution in [1.82, 2.24) is 19.6 Å². The van der Waals surface area contributed by atoms with Crippen LogP contribution in [0.4, 0.5) is 0 Å². The maximum atomic E-state index is 10.6. The standard InChI is InChI=1S/C14H22N4O/c1-4-9-18-12(7-8-15-18)14(19)13-10-11(5-2)16-17(13)6-3/h7-8,10,14,19H,4-6,9H2,1-3H3. The molecule has 0 aliphatic heterocycles. The fourth-order valence-electron chi connectivity index (χ4n) is 2.26. The fourth-order valence-corrected chi connectivity index (χ4v) is 2.26. The Hall–Kier alpha value is -1.62. The molecule has 2 rings (SSSR count). The smallest absolute Gasteiger partial charge is 0.137 e. The van der Waals surface area contributed by atoms with E-state index >= 15 is 0 Å². The van der Waals surface area contributed by atoms with Gasteiger partial charge >= 0.3 is 0 Å². The Balaban J connectivity index is 2.34. The van der Waals surface area contributed by atoms with Crippen molar-refractivity contribution in [3.63, 3.8) is 0 Å². The molecule has 1 atom stereocenters. The first-order valence-corrected chi connectivity index (χ1v) is 6.97. The van der Waals surface area contributed by atoms with Gasteiger partial charge in [-0.25, -0.2) is 0 Å². The van der Waals surface area contributed by atoms with Gasteiger partial charge in [-0.1, -0.05) is 13.8 Å². The second kappa shape index (κ2) is 6.02. The molecule has 2 aromatic rings. The summed E-state index contributed by atoms with van der Waals surface area (Å²) in [5.41, 5.74) is 2.69. The summed E-state index contributed by atoms with van der Waals surface area (Å²) >= 11 is 0. The Morgan fingerprint density at radius 1 is 1.21 bits per heavy atom. The lowest BCUT2D eigenvalue weighted by molar-refractivity contribution is 0.195. The van der Waals surface area contributed by atoms with Crippen LogP contribution in [0.1, 0.15) is 50.4 Å². The molecule has 0 spiro atoms. The minimum Gasteiger partial charge on any atom is -0.380 e. The van der Waals surface area contributed by atoms with Crippen LogP contribution in [0.2, 0.25) is 0 Å². The molecule has 2 aromatic heterocycles. The molecule has 1 N–H and O–H groups in total. The highest BCUT2D eigenvalue weighted by Gasteiger charge is 2.20. The quantitative estimate of drug-likeness (QED) is 0.868. The zero-order valence-electron chi connectivity index (χ0n) is 11.9. The van der Waals surface area contributed by atoms with Crippen LogP contribution < -0.4 is 0 Å². The van der Waals surface area contributed by atoms with Crippen molar-refractivity contribution in [3.8, 4) is 0 Å². The van der Waals surface area contributed by atoms with Crippen LogP contribution in [0.25, 0.3) is 0 Å². The van der Waals surface area contributed by atoms with Crippen molar-refractivity contribution >= 4 is 0 Å². The summed E-state index contributed by atoms with van der Waals surface area (Å²) in [6.45, 7) is 7.78. The van der Waals surface area contributed by atoms with Crippen LogP contribution >= 0.6 is 0 Å². The topological polar surface area (TPSA) is 55.9 Å². The van der Waals surface area contributed by atoms with E-state index in [0.29, 0.717) is 0 Å². The van der Waals surface area contributed by atoms with E-state index in [2.05, 4.69) is 24.0 Å². The maximum absolute atomic E-state index is 10.6. The van der Waals surface area contributed by atoms with Crippen LogP contribution in [-0.4, -0.2) is 24.7 Å². The van der Waals surface area contributed by atoms with Gasteiger partial charge in [0.15, 0.2) is 0 Å². The molecule has 0 fully saturated rings. The van der Waals surface area contributed by atoms with E-state index in [9.17, 15) is 5.11 Å². The number of hydrogen-bond donors (Lipinski definition) is 1. The predicted octanol–water partition coefficient (Wildman–Crippen LogP) is 2.15. The van der Waals surface area contributed by atoms with Gasteiger partial charge < -0.3 is 5.11 Å². The van der Waals surface area contributed by atoms with Crippen LogP contribution in [0.15, 0.2) is 18.3 Å². The first-order chi connectivity index (χ1) is 9.21. The van der Waals surface area contributed by atoms with Crippen molar-refractivity contribution < 1.29 is 5.11 Å². The van der Waals surface area contributed by atoms with Gasteiger partial charge in [-0.2, -0.15) is 10.2 Å². The highest BCUT2D eigenvalue weighted by atomic mass is 16.3. The van der Waals surface area contributed by atoms with Gasteiger partial charge in [0.1, 0.15) is 6.10 Å². The minimum absolute atomic E-state index is 0.665. The summed E-state index contributed by atoms with van der Waals surface area (Å²) in [6.07, 6.45) is 2.94. The van der Waals surface area contributed by atoms with E-state index in [1.54, 1.807) is 6.20 Å². The SMILES string of the molecule is CCCn1nccc1C(O)c1cc(CC)nn1CC. The summed E-state index contributed by atoms with van der Waals surface area (Å²) in [4.78, 5) is 0. The third-order valence-corrected chi connectivity index (χ3v) is 3.27. The second-order valence-electron chi connectivity index (χ2n) is 4.61. The zero-order chi connectivity index (χ0) is 13.8. The summed E-state index contributed by atoms with van der Waals surface area (Å²) in [7, 11) is 0. The first kappa shape index (κ1) is 13.8. The van der Waals surface area contributed by atoms with Gasteiger partial charge in [0.25, 0.3) is 0 Å². The molecule has 5 nitrogen and oxygen atoms in total. The Morgan fingerprint density at radius 2 is 2.00 bits per heavy atom. The Morgan fingerprint density at radius 3 is 2.63 bits per heavy atom. The largest absolute Gasteiger partial charge is 0.380 e. The average Bonchev–Trinajstić information content (AvgIpc) is 3.04. The first-order valence-electron chi connectivity index (χ1n) is 6.97. The maximum Gasteiger partial charge on any atom is 0.137 e. The Labute approximate surface area is 113 Å². The number of nitrogens with zero attached hydrogens (tertiary/aromatic N) is 4. The highest BCUT2D eigenvalue weighted by molar-refractivity contribution is 5.22. The van der Waals surface area contributed by atoms with Gasteiger partial charge in [-0.05, 0) is 31.9 Å². The summed E-state index contributed by atoms with van der Waals surface area (Å²) in [6, 6.07) is 3.86. The second-order valence-corrected chi connectivity index (χ2v) is 4.61. The number of aliphatic hydroxyl groups is 1. The lowest BCUT2D eigenvalue weighted by atomic mass is 10.1. The molecule has 0 aliphatic rings. The van der Waals surface area contributed by atoms with Crippen molar-refractivity contribution in [2.75, 3.05) is 0 Å². The number of aromatic nitrogens is 4. The van der Waals surface area contributed by atoms with Crippen LogP contribution in [0.5, 0.6) is 0 Å². The monoisotopic (exact) mass is 262 g/mol. The Bertz CT molecular complexity index is 529. The van der Waals surface area contributed by atoms with Crippen LogP contribution in [0, 0.1) is 0 Å². The summed E-state index contributed by atoms with van der Waals surface area (Å²) in [5.74, 6) is 0. The van der Waals surface area contributed by atoms with Crippen LogP contribution in [-0.2, 0) is 19.5 Å². The van der Waals surface area contributed by atoms with Gasteiger partial charge in [0.05, 0.1) is 17.1 Å². The van der Waals surface area contributed by atoms with Gasteiger partial charge in [-0.15, -0.1) is 0 Å². The number of hydrogen-bond acceptors (Lipinski definition) is 3. The molecule has 104 valence electrons. The van der Waals surface area contributed by atoms with E-state index in [1.807, 2.05) is 28.4 Å². The van der Waals surface area contributed by atoms with E-state index in [-0.39, 0.29) is 0 Å². The molecule has 0 aliphatic carbocycles. The van der Waals surface area contributed by atoms with E-state index in [0.717, 1.165) is 43.0 Å². The molecule has 5 heteroatoms.